The predicted molar refractivity (Wildman–Crippen MR) is 178 cm³/mol. The van der Waals surface area contributed by atoms with Crippen LogP contribution in [0.4, 0.5) is 0 Å². The maximum absolute atomic E-state index is 14.9. The topological polar surface area (TPSA) is 105 Å². The average Bonchev–Trinajstić information content (AvgIpc) is 3.59. The van der Waals surface area contributed by atoms with Crippen LogP contribution in [-0.2, 0) is 22.6 Å². The van der Waals surface area contributed by atoms with E-state index in [1.807, 2.05) is 88.5 Å². The number of nitrogens with one attached hydrogen (secondary N) is 1. The molecule has 1 aliphatic carbocycles. The van der Waals surface area contributed by atoms with Crippen LogP contribution in [0, 0.1) is 11.3 Å². The van der Waals surface area contributed by atoms with Crippen LogP contribution in [0.2, 0.25) is 0 Å². The van der Waals surface area contributed by atoms with Gasteiger partial charge in [-0.15, -0.1) is 0 Å². The number of ether oxygens (including phenoxy) is 1. The molecular weight excluding hydrogens is 570 g/mol. The van der Waals surface area contributed by atoms with Gasteiger partial charge in [0, 0.05) is 37.7 Å². The summed E-state index contributed by atoms with van der Waals surface area (Å²) < 4.78 is 5.37. The Kier molecular flexibility index (Phi) is 11.9. The summed E-state index contributed by atoms with van der Waals surface area (Å²) in [5, 5.41) is 19.5. The van der Waals surface area contributed by atoms with Crippen LogP contribution in [0.5, 0.6) is 5.75 Å². The smallest absolute Gasteiger partial charge is 0.244 e. The number of nitrogens with zero attached hydrogens (tertiary/aromatic N) is 1. The van der Waals surface area contributed by atoms with Gasteiger partial charge in [0.1, 0.15) is 5.75 Å². The third-order valence-corrected chi connectivity index (χ3v) is 8.99. The van der Waals surface area contributed by atoms with Crippen LogP contribution < -0.4 is 15.8 Å². The number of thiophene rings is 1. The monoisotopic (exact) mass is 615 g/mol. The predicted octanol–water partition coefficient (Wildman–Crippen LogP) is 5.60. The number of hydrogen-bond acceptors (Lipinski definition) is 6. The Bertz CT molecular complexity index is 1430. The summed E-state index contributed by atoms with van der Waals surface area (Å²) in [7, 11) is 1.64. The average molecular weight is 616 g/mol. The van der Waals surface area contributed by atoms with E-state index in [0.717, 1.165) is 40.9 Å². The molecule has 3 aromatic rings. The van der Waals surface area contributed by atoms with Crippen molar-refractivity contribution in [2.75, 3.05) is 26.7 Å². The van der Waals surface area contributed by atoms with Crippen LogP contribution in [0.15, 0.2) is 89.1 Å². The van der Waals surface area contributed by atoms with Gasteiger partial charge in [-0.25, -0.2) is 0 Å². The first-order chi connectivity index (χ1) is 21.3. The molecule has 0 fully saturated rings. The number of hydrogen-bond donors (Lipinski definition) is 3. The second kappa shape index (κ2) is 15.8. The molecule has 0 saturated carbocycles. The molecule has 0 saturated heterocycles. The Hall–Kier alpha value is -3.72. The van der Waals surface area contributed by atoms with E-state index in [4.69, 9.17) is 10.5 Å². The van der Waals surface area contributed by atoms with Crippen LogP contribution in [0.25, 0.3) is 5.57 Å². The minimum absolute atomic E-state index is 0.0754. The lowest BCUT2D eigenvalue weighted by Crippen LogP contribution is -2.54. The Morgan fingerprint density at radius 2 is 1.80 bits per heavy atom. The van der Waals surface area contributed by atoms with Crippen molar-refractivity contribution in [2.45, 2.75) is 52.2 Å². The standard InChI is InChI=1S/C36H45N3O4S/c1-4-15-39(16-5-2)35(42)36(21-29(28-14-17-44-25-28)20-30(22-36)34(37)41)32(19-26-10-7-6-8-11-26)33(40)24-38-23-27-12-9-13-31(18-27)43-3/h6-14,17-18,20-21,25,32-33,38,40H,4-5,15-16,19,22-24H2,1-3H3,(H2,37,41)/t32-,33+,36?/m1/s1. The zero-order valence-corrected chi connectivity index (χ0v) is 26.8. The molecule has 8 heteroatoms. The number of aliphatic hydroxyl groups excluding tert-OH is 1. The molecule has 4 rings (SSSR count). The van der Waals surface area contributed by atoms with Crippen molar-refractivity contribution >= 4 is 28.7 Å². The van der Waals surface area contributed by atoms with Crippen molar-refractivity contribution in [1.82, 2.24) is 10.2 Å². The lowest BCUT2D eigenvalue weighted by atomic mass is 9.62. The van der Waals surface area contributed by atoms with Crippen molar-refractivity contribution in [3.8, 4) is 5.75 Å². The molecule has 1 aromatic heterocycles. The van der Waals surface area contributed by atoms with E-state index >= 15 is 0 Å². The summed E-state index contributed by atoms with van der Waals surface area (Å²) in [6, 6.07) is 19.7. The summed E-state index contributed by atoms with van der Waals surface area (Å²) in [5.41, 5.74) is 8.88. The molecule has 3 atom stereocenters. The summed E-state index contributed by atoms with van der Waals surface area (Å²) in [6.45, 7) is 6.07. The zero-order chi connectivity index (χ0) is 31.5. The molecule has 1 aliphatic rings. The third-order valence-electron chi connectivity index (χ3n) is 8.31. The van der Waals surface area contributed by atoms with Gasteiger partial charge in [0.15, 0.2) is 0 Å². The Labute approximate surface area is 265 Å². The van der Waals surface area contributed by atoms with Crippen LogP contribution in [-0.4, -0.2) is 54.7 Å². The van der Waals surface area contributed by atoms with Gasteiger partial charge in [-0.3, -0.25) is 9.59 Å². The summed E-state index contributed by atoms with van der Waals surface area (Å²) in [4.78, 5) is 29.7. The quantitative estimate of drug-likeness (QED) is 0.195. The van der Waals surface area contributed by atoms with Gasteiger partial charge in [-0.1, -0.05) is 62.4 Å². The number of amides is 2. The first-order valence-electron chi connectivity index (χ1n) is 15.4. The van der Waals surface area contributed by atoms with Crippen molar-refractivity contribution in [3.05, 3.63) is 106 Å². The number of rotatable bonds is 16. The number of carbonyl (C=O) groups is 2. The van der Waals surface area contributed by atoms with E-state index in [9.17, 15) is 14.7 Å². The third kappa shape index (κ3) is 8.05. The van der Waals surface area contributed by atoms with Gasteiger partial charge in [-0.2, -0.15) is 11.3 Å². The highest BCUT2D eigenvalue weighted by atomic mass is 32.1. The highest BCUT2D eigenvalue weighted by Crippen LogP contribution is 2.47. The number of benzene rings is 2. The van der Waals surface area contributed by atoms with E-state index in [1.54, 1.807) is 18.4 Å². The van der Waals surface area contributed by atoms with E-state index in [-0.39, 0.29) is 18.9 Å². The number of primary amides is 1. The molecule has 0 spiro atoms. The van der Waals surface area contributed by atoms with E-state index in [0.29, 0.717) is 31.6 Å². The molecular formula is C36H45N3O4S. The minimum Gasteiger partial charge on any atom is -0.497 e. The van der Waals surface area contributed by atoms with E-state index < -0.39 is 23.3 Å². The summed E-state index contributed by atoms with van der Waals surface area (Å²) in [6.07, 6.45) is 5.09. The second-order valence-electron chi connectivity index (χ2n) is 11.5. The highest BCUT2D eigenvalue weighted by molar-refractivity contribution is 7.08. The van der Waals surface area contributed by atoms with Crippen molar-refractivity contribution in [1.29, 1.82) is 0 Å². The number of aliphatic hydroxyl groups is 1. The van der Waals surface area contributed by atoms with Gasteiger partial charge in [0.2, 0.25) is 11.8 Å². The fourth-order valence-corrected chi connectivity index (χ4v) is 6.84. The van der Waals surface area contributed by atoms with E-state index in [2.05, 4.69) is 19.2 Å². The molecule has 1 unspecified atom stereocenters. The zero-order valence-electron chi connectivity index (χ0n) is 26.0. The normalized spacial score (nSPS) is 17.7. The lowest BCUT2D eigenvalue weighted by molar-refractivity contribution is -0.145. The van der Waals surface area contributed by atoms with E-state index in [1.165, 1.54) is 0 Å². The van der Waals surface area contributed by atoms with Crippen LogP contribution >= 0.6 is 11.3 Å². The first-order valence-corrected chi connectivity index (χ1v) is 16.4. The largest absolute Gasteiger partial charge is 0.497 e. The number of nitrogens with two attached hydrogens (primary N) is 1. The number of allylic oxidation sites excluding steroid dienone is 2. The molecule has 1 heterocycles. The van der Waals surface area contributed by atoms with Gasteiger partial charge in [0.05, 0.1) is 18.6 Å². The fourth-order valence-electron chi connectivity index (χ4n) is 6.18. The fraction of sp³-hybridized carbons (Fsp3) is 0.389. The number of carbonyl (C=O) groups excluding carboxylic acids is 2. The van der Waals surface area contributed by atoms with Crippen molar-refractivity contribution in [3.63, 3.8) is 0 Å². The van der Waals surface area contributed by atoms with Gasteiger partial charge >= 0.3 is 0 Å². The molecule has 0 aliphatic heterocycles. The number of methoxy groups -OCH3 is 1. The molecule has 0 bridgehead atoms. The minimum atomic E-state index is -1.20. The maximum Gasteiger partial charge on any atom is 0.244 e. The Morgan fingerprint density at radius 3 is 2.43 bits per heavy atom. The molecule has 44 heavy (non-hydrogen) atoms. The molecule has 234 valence electrons. The van der Waals surface area contributed by atoms with Crippen molar-refractivity contribution in [2.24, 2.45) is 17.1 Å². The van der Waals surface area contributed by atoms with Gasteiger partial charge < -0.3 is 25.8 Å². The summed E-state index contributed by atoms with van der Waals surface area (Å²) >= 11 is 1.55. The maximum atomic E-state index is 14.9. The van der Waals surface area contributed by atoms with Gasteiger partial charge in [0.25, 0.3) is 0 Å². The molecule has 2 amide bonds. The summed E-state index contributed by atoms with van der Waals surface area (Å²) in [5.74, 6) is -0.413. The van der Waals surface area contributed by atoms with Gasteiger partial charge in [-0.05, 0) is 83.0 Å². The van der Waals surface area contributed by atoms with Crippen LogP contribution in [0.3, 0.4) is 0 Å². The Morgan fingerprint density at radius 1 is 1.07 bits per heavy atom. The second-order valence-corrected chi connectivity index (χ2v) is 12.3. The molecule has 2 aromatic carbocycles. The first kappa shape index (κ1) is 33.2. The Balaban J connectivity index is 1.81. The van der Waals surface area contributed by atoms with Crippen LogP contribution in [0.1, 0.15) is 49.8 Å². The molecule has 0 radical (unpaired) electrons. The highest BCUT2D eigenvalue weighted by Gasteiger charge is 2.50. The molecule has 4 N–H and O–H groups in total. The molecule has 7 nitrogen and oxygen atoms in total. The van der Waals surface area contributed by atoms with Crippen molar-refractivity contribution < 1.29 is 19.4 Å². The SMILES string of the molecule is CCCN(CCC)C(=O)C1([C@H](Cc2ccccc2)[C@@H](O)CNCc2cccc(OC)c2)C=C(c2ccsc2)C=C(C(N)=O)C1. The lowest BCUT2D eigenvalue weighted by Gasteiger charge is -2.45.